The second kappa shape index (κ2) is 9.61. The Hall–Kier alpha value is -1.63. The van der Waals surface area contributed by atoms with E-state index in [4.69, 9.17) is 9.73 Å². The Balaban J connectivity index is 1.95. The fourth-order valence-electron chi connectivity index (χ4n) is 2.95. The van der Waals surface area contributed by atoms with Crippen molar-refractivity contribution in [3.05, 3.63) is 11.6 Å². The van der Waals surface area contributed by atoms with Crippen LogP contribution in [0.25, 0.3) is 0 Å². The number of nitrogens with one attached hydrogen (secondary N) is 2. The van der Waals surface area contributed by atoms with Gasteiger partial charge in [-0.25, -0.2) is 9.67 Å². The molecule has 0 amide bonds. The minimum absolute atomic E-state index is 0.328. The normalized spacial score (nSPS) is 17.9. The number of aryl methyl sites for hydroxylation is 1. The van der Waals surface area contributed by atoms with E-state index >= 15 is 0 Å². The summed E-state index contributed by atoms with van der Waals surface area (Å²) in [5.41, 5.74) is 0. The molecule has 1 aliphatic rings. The number of aliphatic imine (C=N–C) groups is 1. The molecule has 7 nitrogen and oxygen atoms in total. The van der Waals surface area contributed by atoms with Crippen LogP contribution in [0.2, 0.25) is 0 Å². The molecule has 136 valence electrons. The summed E-state index contributed by atoms with van der Waals surface area (Å²) in [6, 6.07) is 0.328. The Morgan fingerprint density at radius 2 is 2.17 bits per heavy atom. The van der Waals surface area contributed by atoms with Crippen molar-refractivity contribution in [2.24, 2.45) is 10.9 Å². The highest BCUT2D eigenvalue weighted by atomic mass is 16.5. The molecule has 0 radical (unpaired) electrons. The summed E-state index contributed by atoms with van der Waals surface area (Å²) in [6.07, 6.45) is 4.32. The Kier molecular flexibility index (Phi) is 7.49. The van der Waals surface area contributed by atoms with Gasteiger partial charge in [0.1, 0.15) is 12.4 Å². The fourth-order valence-corrected chi connectivity index (χ4v) is 2.95. The third kappa shape index (κ3) is 5.19. The summed E-state index contributed by atoms with van der Waals surface area (Å²) in [4.78, 5) is 9.29. The molecule has 24 heavy (non-hydrogen) atoms. The molecule has 0 aromatic carbocycles. The van der Waals surface area contributed by atoms with E-state index < -0.39 is 0 Å². The summed E-state index contributed by atoms with van der Waals surface area (Å²) in [7, 11) is 1.67. The highest BCUT2D eigenvalue weighted by Gasteiger charge is 2.22. The lowest BCUT2D eigenvalue weighted by Crippen LogP contribution is -2.47. The number of ether oxygens (including phenoxy) is 1. The maximum atomic E-state index is 5.12. The van der Waals surface area contributed by atoms with E-state index in [1.165, 1.54) is 12.8 Å². The van der Waals surface area contributed by atoms with Crippen LogP contribution in [0.1, 0.15) is 51.7 Å². The molecule has 1 aliphatic heterocycles. The second-order valence-corrected chi connectivity index (χ2v) is 6.34. The molecule has 2 rings (SSSR count). The van der Waals surface area contributed by atoms with E-state index in [1.807, 2.05) is 4.68 Å². The van der Waals surface area contributed by atoms with Crippen molar-refractivity contribution >= 4 is 5.96 Å². The molecule has 1 aromatic heterocycles. The predicted octanol–water partition coefficient (Wildman–Crippen LogP) is 1.73. The molecular formula is C17H32N6O. The molecule has 7 heteroatoms. The molecule has 0 saturated heterocycles. The number of guanidine groups is 1. The summed E-state index contributed by atoms with van der Waals surface area (Å²) < 4.78 is 7.12. The molecule has 2 heterocycles. The average Bonchev–Trinajstić information content (AvgIpc) is 2.98. The van der Waals surface area contributed by atoms with Gasteiger partial charge in [0.15, 0.2) is 11.8 Å². The van der Waals surface area contributed by atoms with Crippen LogP contribution in [0.5, 0.6) is 0 Å². The molecule has 2 N–H and O–H groups in total. The van der Waals surface area contributed by atoms with Gasteiger partial charge in [-0.1, -0.05) is 26.7 Å². The maximum Gasteiger partial charge on any atom is 0.191 e. The van der Waals surface area contributed by atoms with Crippen molar-refractivity contribution in [3.63, 3.8) is 0 Å². The summed E-state index contributed by atoms with van der Waals surface area (Å²) in [5, 5.41) is 11.4. The zero-order chi connectivity index (χ0) is 17.4. The molecule has 0 bridgehead atoms. The van der Waals surface area contributed by atoms with Gasteiger partial charge >= 0.3 is 0 Å². The lowest BCUT2D eigenvalue weighted by Gasteiger charge is -2.25. The van der Waals surface area contributed by atoms with Gasteiger partial charge in [-0.2, -0.15) is 5.10 Å². The largest absolute Gasteiger partial charge is 0.377 e. The van der Waals surface area contributed by atoms with Crippen LogP contribution in [-0.4, -0.2) is 47.0 Å². The zero-order valence-corrected chi connectivity index (χ0v) is 15.5. The van der Waals surface area contributed by atoms with Crippen LogP contribution in [0.3, 0.4) is 0 Å². The monoisotopic (exact) mass is 336 g/mol. The van der Waals surface area contributed by atoms with Crippen molar-refractivity contribution in [3.8, 4) is 0 Å². The highest BCUT2D eigenvalue weighted by Crippen LogP contribution is 2.13. The third-order valence-electron chi connectivity index (χ3n) is 4.52. The lowest BCUT2D eigenvalue weighted by atomic mass is 10.0. The number of aromatic nitrogens is 3. The van der Waals surface area contributed by atoms with E-state index in [1.54, 1.807) is 7.11 Å². The third-order valence-corrected chi connectivity index (χ3v) is 4.52. The standard InChI is InChI=1S/C17H32N6O/c1-5-13(6-2)10-19-17(18-7-3)20-14-8-9-16-21-15(12-24-4)22-23(16)11-14/h13-14H,5-12H2,1-4H3,(H2,18,19,20). The first-order valence-corrected chi connectivity index (χ1v) is 9.16. The van der Waals surface area contributed by atoms with Gasteiger partial charge in [-0.15, -0.1) is 0 Å². The van der Waals surface area contributed by atoms with Crippen molar-refractivity contribution in [1.82, 2.24) is 25.4 Å². The summed E-state index contributed by atoms with van der Waals surface area (Å²) in [6.45, 7) is 9.60. The first kappa shape index (κ1) is 18.7. The van der Waals surface area contributed by atoms with Crippen molar-refractivity contribution in [1.29, 1.82) is 0 Å². The Morgan fingerprint density at radius 1 is 1.38 bits per heavy atom. The van der Waals surface area contributed by atoms with E-state index in [0.29, 0.717) is 18.6 Å². The number of hydrogen-bond donors (Lipinski definition) is 2. The van der Waals surface area contributed by atoms with Gasteiger partial charge in [0.25, 0.3) is 0 Å². The lowest BCUT2D eigenvalue weighted by molar-refractivity contribution is 0.177. The molecule has 1 unspecified atom stereocenters. The van der Waals surface area contributed by atoms with Crippen LogP contribution in [-0.2, 0) is 24.3 Å². The van der Waals surface area contributed by atoms with Crippen molar-refractivity contribution < 1.29 is 4.74 Å². The van der Waals surface area contributed by atoms with Crippen LogP contribution in [0, 0.1) is 5.92 Å². The zero-order valence-electron chi connectivity index (χ0n) is 15.5. The topological polar surface area (TPSA) is 76.4 Å². The fraction of sp³-hybridized carbons (Fsp3) is 0.824. The first-order chi connectivity index (χ1) is 11.7. The molecule has 0 spiro atoms. The second-order valence-electron chi connectivity index (χ2n) is 6.34. The van der Waals surface area contributed by atoms with E-state index in [-0.39, 0.29) is 0 Å². The van der Waals surface area contributed by atoms with Gasteiger partial charge in [-0.05, 0) is 19.3 Å². The molecule has 1 aromatic rings. The SMILES string of the molecule is CCNC(=NCC(CC)CC)NC1CCc2nc(COC)nn2C1. The van der Waals surface area contributed by atoms with E-state index in [0.717, 1.165) is 50.1 Å². The van der Waals surface area contributed by atoms with Crippen LogP contribution in [0.15, 0.2) is 4.99 Å². The number of nitrogens with zero attached hydrogens (tertiary/aromatic N) is 4. The Labute approximate surface area is 145 Å². The molecule has 0 aliphatic carbocycles. The smallest absolute Gasteiger partial charge is 0.191 e. The van der Waals surface area contributed by atoms with Gasteiger partial charge in [-0.3, -0.25) is 4.99 Å². The average molecular weight is 336 g/mol. The maximum absolute atomic E-state index is 5.12. The van der Waals surface area contributed by atoms with Gasteiger partial charge < -0.3 is 15.4 Å². The molecule has 1 atom stereocenters. The molecular weight excluding hydrogens is 304 g/mol. The highest BCUT2D eigenvalue weighted by molar-refractivity contribution is 5.80. The number of rotatable bonds is 8. The molecule has 0 fully saturated rings. The van der Waals surface area contributed by atoms with E-state index in [9.17, 15) is 0 Å². The van der Waals surface area contributed by atoms with Crippen LogP contribution < -0.4 is 10.6 Å². The first-order valence-electron chi connectivity index (χ1n) is 9.16. The number of fused-ring (bicyclic) bond motifs is 1. The van der Waals surface area contributed by atoms with Crippen LogP contribution >= 0.6 is 0 Å². The minimum atomic E-state index is 0.328. The predicted molar refractivity (Wildman–Crippen MR) is 96.0 cm³/mol. The summed E-state index contributed by atoms with van der Waals surface area (Å²) in [5.74, 6) is 3.39. The number of hydrogen-bond acceptors (Lipinski definition) is 4. The van der Waals surface area contributed by atoms with Gasteiger partial charge in [0, 0.05) is 32.7 Å². The Bertz CT molecular complexity index is 523. The van der Waals surface area contributed by atoms with E-state index in [2.05, 4.69) is 41.5 Å². The minimum Gasteiger partial charge on any atom is -0.377 e. The van der Waals surface area contributed by atoms with Gasteiger partial charge in [0.05, 0.1) is 6.54 Å². The van der Waals surface area contributed by atoms with Gasteiger partial charge in [0.2, 0.25) is 0 Å². The summed E-state index contributed by atoms with van der Waals surface area (Å²) >= 11 is 0. The Morgan fingerprint density at radius 3 is 2.83 bits per heavy atom. The quantitative estimate of drug-likeness (QED) is 0.558. The molecule has 0 saturated carbocycles. The van der Waals surface area contributed by atoms with Crippen molar-refractivity contribution in [2.75, 3.05) is 20.2 Å². The van der Waals surface area contributed by atoms with Crippen LogP contribution in [0.4, 0.5) is 0 Å². The van der Waals surface area contributed by atoms with Crippen molar-refractivity contribution in [2.45, 2.75) is 65.6 Å². The number of methoxy groups -OCH3 is 1.